The van der Waals surface area contributed by atoms with Gasteiger partial charge < -0.3 is 9.47 Å². The van der Waals surface area contributed by atoms with Gasteiger partial charge >= 0.3 is 0 Å². The molecule has 0 bridgehead atoms. The molecule has 182 valence electrons. The van der Waals surface area contributed by atoms with E-state index in [1.807, 2.05) is 12.1 Å². The van der Waals surface area contributed by atoms with Gasteiger partial charge in [-0.15, -0.1) is 0 Å². The lowest BCUT2D eigenvalue weighted by Gasteiger charge is -2.23. The number of aromatic nitrogens is 1. The van der Waals surface area contributed by atoms with Crippen LogP contribution in [0.4, 0.5) is 5.13 Å². The van der Waals surface area contributed by atoms with Crippen molar-refractivity contribution in [3.05, 3.63) is 48.0 Å². The van der Waals surface area contributed by atoms with Crippen LogP contribution in [0.3, 0.4) is 0 Å². The Bertz CT molecular complexity index is 1250. The molecule has 2 aromatic carbocycles. The fraction of sp³-hybridized carbons (Fsp3) is 0.440. The second-order valence-corrected chi connectivity index (χ2v) is 11.8. The van der Waals surface area contributed by atoms with Crippen molar-refractivity contribution in [2.75, 3.05) is 30.9 Å². The molecule has 1 unspecified atom stereocenters. The van der Waals surface area contributed by atoms with Crippen LogP contribution in [0.1, 0.15) is 44.6 Å². The topological polar surface area (TPSA) is 85.8 Å². The summed E-state index contributed by atoms with van der Waals surface area (Å²) in [5.41, 5.74) is 2.03. The summed E-state index contributed by atoms with van der Waals surface area (Å²) in [6.45, 7) is 5.29. The molecule has 7 nitrogen and oxygen atoms in total. The zero-order chi connectivity index (χ0) is 24.3. The van der Waals surface area contributed by atoms with Gasteiger partial charge in [-0.2, -0.15) is 0 Å². The number of thiazole rings is 1. The molecule has 1 aliphatic heterocycles. The van der Waals surface area contributed by atoms with Crippen molar-refractivity contribution >= 4 is 42.4 Å². The molecule has 1 amide bonds. The molecule has 9 heteroatoms. The quantitative estimate of drug-likeness (QED) is 0.418. The number of rotatable bonds is 9. The van der Waals surface area contributed by atoms with Crippen molar-refractivity contribution < 1.29 is 22.7 Å². The number of hydrogen-bond acceptors (Lipinski definition) is 7. The Kier molecular flexibility index (Phi) is 7.54. The molecule has 1 aliphatic rings. The minimum absolute atomic E-state index is 0.0706. The summed E-state index contributed by atoms with van der Waals surface area (Å²) in [5.74, 6) is 0.338. The van der Waals surface area contributed by atoms with E-state index in [1.54, 1.807) is 17.0 Å². The van der Waals surface area contributed by atoms with Crippen LogP contribution < -0.4 is 9.64 Å². The van der Waals surface area contributed by atoms with Gasteiger partial charge in [0.1, 0.15) is 5.75 Å². The summed E-state index contributed by atoms with van der Waals surface area (Å²) in [6.07, 6.45) is 1.62. The number of ether oxygens (including phenoxy) is 2. The highest BCUT2D eigenvalue weighted by Crippen LogP contribution is 2.34. The van der Waals surface area contributed by atoms with E-state index in [9.17, 15) is 13.2 Å². The third-order valence-electron chi connectivity index (χ3n) is 6.01. The predicted octanol–water partition coefficient (Wildman–Crippen LogP) is 4.80. The molecule has 0 saturated carbocycles. The first-order valence-corrected chi connectivity index (χ1v) is 13.9. The van der Waals surface area contributed by atoms with Gasteiger partial charge in [0.15, 0.2) is 15.0 Å². The normalized spacial score (nSPS) is 16.3. The summed E-state index contributed by atoms with van der Waals surface area (Å²) < 4.78 is 37.6. The van der Waals surface area contributed by atoms with E-state index < -0.39 is 9.84 Å². The standard InChI is InChI=1S/C25H30N2O5S2/c1-17(2)21-7-4-8-22-24(21)26-25(33-22)27(16-19-6-5-14-32-19)23(28)13-15-34(29,30)20-11-9-18(31-3)10-12-20/h4,7-12,17,19H,5-6,13-16H2,1-3H3. The van der Waals surface area contributed by atoms with Crippen LogP contribution in [0.2, 0.25) is 0 Å². The highest BCUT2D eigenvalue weighted by Gasteiger charge is 2.28. The molecule has 4 rings (SSSR count). The Labute approximate surface area is 204 Å². The number of benzene rings is 2. The summed E-state index contributed by atoms with van der Waals surface area (Å²) in [5, 5.41) is 0.588. The Morgan fingerprint density at radius 2 is 2.00 bits per heavy atom. The number of nitrogens with zero attached hydrogens (tertiary/aromatic N) is 2. The highest BCUT2D eigenvalue weighted by atomic mass is 32.2. The number of amides is 1. The van der Waals surface area contributed by atoms with Crippen molar-refractivity contribution in [1.29, 1.82) is 0 Å². The van der Waals surface area contributed by atoms with Crippen LogP contribution in [-0.2, 0) is 19.4 Å². The van der Waals surface area contributed by atoms with Gasteiger partial charge in [0.25, 0.3) is 0 Å². The van der Waals surface area contributed by atoms with Gasteiger partial charge in [-0.25, -0.2) is 13.4 Å². The Balaban J connectivity index is 1.57. The van der Waals surface area contributed by atoms with Crippen molar-refractivity contribution in [2.45, 2.75) is 50.0 Å². The summed E-state index contributed by atoms with van der Waals surface area (Å²) in [6, 6.07) is 12.3. The summed E-state index contributed by atoms with van der Waals surface area (Å²) in [4.78, 5) is 20.0. The summed E-state index contributed by atoms with van der Waals surface area (Å²) in [7, 11) is -2.09. The second-order valence-electron chi connectivity index (χ2n) is 8.73. The van der Waals surface area contributed by atoms with Crippen LogP contribution >= 0.6 is 11.3 Å². The first-order chi connectivity index (χ1) is 16.3. The van der Waals surface area contributed by atoms with Gasteiger partial charge in [0.05, 0.1) is 40.6 Å². The van der Waals surface area contributed by atoms with Crippen LogP contribution in [-0.4, -0.2) is 51.4 Å². The molecule has 0 spiro atoms. The average molecular weight is 503 g/mol. The predicted molar refractivity (Wildman–Crippen MR) is 135 cm³/mol. The maximum atomic E-state index is 13.4. The van der Waals surface area contributed by atoms with Crippen molar-refractivity contribution in [3.63, 3.8) is 0 Å². The number of methoxy groups -OCH3 is 1. The van der Waals surface area contributed by atoms with E-state index in [1.165, 1.54) is 30.6 Å². The molecule has 0 N–H and O–H groups in total. The van der Waals surface area contributed by atoms with Gasteiger partial charge in [0.2, 0.25) is 5.91 Å². The lowest BCUT2D eigenvalue weighted by atomic mass is 10.0. The minimum Gasteiger partial charge on any atom is -0.497 e. The maximum absolute atomic E-state index is 13.4. The number of anilines is 1. The number of para-hydroxylation sites is 1. The van der Waals surface area contributed by atoms with Gasteiger partial charge in [-0.1, -0.05) is 37.3 Å². The van der Waals surface area contributed by atoms with E-state index in [4.69, 9.17) is 14.5 Å². The molecule has 0 aliphatic carbocycles. The third kappa shape index (κ3) is 5.42. The summed E-state index contributed by atoms with van der Waals surface area (Å²) >= 11 is 1.46. The molecule has 1 atom stereocenters. The zero-order valence-electron chi connectivity index (χ0n) is 19.7. The number of carbonyl (C=O) groups excluding carboxylic acids is 1. The Morgan fingerprint density at radius 3 is 2.65 bits per heavy atom. The Morgan fingerprint density at radius 1 is 1.24 bits per heavy atom. The molecule has 0 radical (unpaired) electrons. The second kappa shape index (κ2) is 10.4. The lowest BCUT2D eigenvalue weighted by molar-refractivity contribution is -0.118. The highest BCUT2D eigenvalue weighted by molar-refractivity contribution is 7.91. The minimum atomic E-state index is -3.62. The van der Waals surface area contributed by atoms with Gasteiger partial charge in [-0.05, 0) is 54.7 Å². The number of fused-ring (bicyclic) bond motifs is 1. The average Bonchev–Trinajstić information content (AvgIpc) is 3.50. The maximum Gasteiger partial charge on any atom is 0.229 e. The van der Waals surface area contributed by atoms with E-state index in [2.05, 4.69) is 19.9 Å². The van der Waals surface area contributed by atoms with Crippen molar-refractivity contribution in [2.24, 2.45) is 0 Å². The zero-order valence-corrected chi connectivity index (χ0v) is 21.3. The number of carbonyl (C=O) groups is 1. The van der Waals surface area contributed by atoms with Crippen LogP contribution in [0.25, 0.3) is 10.2 Å². The van der Waals surface area contributed by atoms with E-state index >= 15 is 0 Å². The van der Waals surface area contributed by atoms with Gasteiger partial charge in [0, 0.05) is 13.0 Å². The largest absolute Gasteiger partial charge is 0.497 e. The lowest BCUT2D eigenvalue weighted by Crippen LogP contribution is -2.38. The fourth-order valence-electron chi connectivity index (χ4n) is 4.08. The first-order valence-electron chi connectivity index (χ1n) is 11.5. The molecule has 34 heavy (non-hydrogen) atoms. The van der Waals surface area contributed by atoms with E-state index in [-0.39, 0.29) is 29.1 Å². The van der Waals surface area contributed by atoms with Crippen molar-refractivity contribution in [3.8, 4) is 5.75 Å². The van der Waals surface area contributed by atoms with Crippen LogP contribution in [0, 0.1) is 0 Å². The van der Waals surface area contributed by atoms with E-state index in [0.717, 1.165) is 28.6 Å². The van der Waals surface area contributed by atoms with E-state index in [0.29, 0.717) is 30.0 Å². The number of sulfone groups is 1. The van der Waals surface area contributed by atoms with Crippen LogP contribution in [0.5, 0.6) is 5.75 Å². The van der Waals surface area contributed by atoms with Gasteiger partial charge in [-0.3, -0.25) is 9.69 Å². The van der Waals surface area contributed by atoms with Crippen LogP contribution in [0.15, 0.2) is 47.4 Å². The third-order valence-corrected chi connectivity index (χ3v) is 8.78. The SMILES string of the molecule is COc1ccc(S(=O)(=O)CCC(=O)N(CC2CCCO2)c2nc3c(C(C)C)cccc3s2)cc1. The molecule has 1 fully saturated rings. The number of hydrogen-bond donors (Lipinski definition) is 0. The monoisotopic (exact) mass is 502 g/mol. The molecule has 2 heterocycles. The smallest absolute Gasteiger partial charge is 0.229 e. The molecule has 3 aromatic rings. The molecule has 1 saturated heterocycles. The molecular formula is C25H30N2O5S2. The Hall–Kier alpha value is -2.49. The van der Waals surface area contributed by atoms with Crippen molar-refractivity contribution in [1.82, 2.24) is 4.98 Å². The fourth-order valence-corrected chi connectivity index (χ4v) is 6.33. The first kappa shape index (κ1) is 24.6. The molecule has 1 aromatic heterocycles. The molecular weight excluding hydrogens is 472 g/mol.